The molecule has 2 rings (SSSR count). The molecule has 22 heavy (non-hydrogen) atoms. The van der Waals surface area contributed by atoms with Crippen molar-refractivity contribution < 1.29 is 14.4 Å². The van der Waals surface area contributed by atoms with Crippen LogP contribution in [0.1, 0.15) is 25.3 Å². The molecule has 0 saturated heterocycles. The fraction of sp³-hybridized carbons (Fsp3) is 0.250. The molecule has 0 N–H and O–H groups in total. The van der Waals surface area contributed by atoms with E-state index in [1.165, 1.54) is 6.20 Å². The highest BCUT2D eigenvalue weighted by Crippen LogP contribution is 2.21. The molecule has 0 unspecified atom stereocenters. The van der Waals surface area contributed by atoms with E-state index in [4.69, 9.17) is 9.57 Å². The summed E-state index contributed by atoms with van der Waals surface area (Å²) in [6, 6.07) is 11.2. The van der Waals surface area contributed by atoms with Crippen LogP contribution in [0.2, 0.25) is 0 Å². The van der Waals surface area contributed by atoms with Crippen LogP contribution in [0.25, 0.3) is 0 Å². The second kappa shape index (κ2) is 7.79. The summed E-state index contributed by atoms with van der Waals surface area (Å²) < 4.78 is 6.73. The van der Waals surface area contributed by atoms with Gasteiger partial charge in [-0.05, 0) is 27.9 Å². The Bertz CT molecular complexity index is 697. The summed E-state index contributed by atoms with van der Waals surface area (Å²) in [6.07, 6.45) is 2.30. The maximum Gasteiger partial charge on any atom is 0.333 e. The summed E-state index contributed by atoms with van der Waals surface area (Å²) in [7, 11) is 0. The van der Waals surface area contributed by atoms with Crippen LogP contribution in [0.3, 0.4) is 0 Å². The van der Waals surface area contributed by atoms with Crippen LogP contribution in [0.15, 0.2) is 51.9 Å². The number of hydrogen-bond donors (Lipinski definition) is 0. The van der Waals surface area contributed by atoms with E-state index in [2.05, 4.69) is 15.9 Å². The Morgan fingerprint density at radius 1 is 1.23 bits per heavy atom. The first-order chi connectivity index (χ1) is 10.6. The molecule has 6 heteroatoms. The molecule has 0 saturated carbocycles. The lowest BCUT2D eigenvalue weighted by Crippen LogP contribution is -2.30. The van der Waals surface area contributed by atoms with E-state index in [1.807, 2.05) is 37.3 Å². The highest BCUT2D eigenvalue weighted by atomic mass is 79.9. The molecule has 0 radical (unpaired) electrons. The van der Waals surface area contributed by atoms with Gasteiger partial charge in [-0.15, -0.1) is 4.73 Å². The molecule has 0 aliphatic rings. The van der Waals surface area contributed by atoms with E-state index in [1.54, 1.807) is 6.07 Å². The first-order valence-electron chi connectivity index (χ1n) is 6.91. The summed E-state index contributed by atoms with van der Waals surface area (Å²) in [5.41, 5.74) is 0.517. The van der Waals surface area contributed by atoms with Gasteiger partial charge < -0.3 is 9.57 Å². The smallest absolute Gasteiger partial charge is 0.333 e. The van der Waals surface area contributed by atoms with Gasteiger partial charge in [0.2, 0.25) is 0 Å². The Balaban J connectivity index is 2.10. The lowest BCUT2D eigenvalue weighted by molar-refractivity contribution is -0.144. The van der Waals surface area contributed by atoms with Crippen molar-refractivity contribution in [3.05, 3.63) is 63.0 Å². The third-order valence-electron chi connectivity index (χ3n) is 2.86. The third kappa shape index (κ3) is 4.21. The van der Waals surface area contributed by atoms with Gasteiger partial charge in [-0.1, -0.05) is 37.3 Å². The zero-order valence-electron chi connectivity index (χ0n) is 12.1. The Hall–Kier alpha value is -2.08. The van der Waals surface area contributed by atoms with Crippen LogP contribution < -0.4 is 15.1 Å². The lowest BCUT2D eigenvalue weighted by Gasteiger charge is -2.10. The number of rotatable bonds is 6. The average molecular weight is 366 g/mol. The Kier molecular flexibility index (Phi) is 5.77. The summed E-state index contributed by atoms with van der Waals surface area (Å²) in [5, 5.41) is 0. The van der Waals surface area contributed by atoms with Crippen molar-refractivity contribution in [3.63, 3.8) is 0 Å². The molecule has 0 fully saturated rings. The van der Waals surface area contributed by atoms with Crippen molar-refractivity contribution >= 4 is 21.9 Å². The van der Waals surface area contributed by atoms with Gasteiger partial charge in [0, 0.05) is 12.5 Å². The molecule has 5 nitrogen and oxygen atoms in total. The van der Waals surface area contributed by atoms with E-state index < -0.39 is 11.5 Å². The van der Waals surface area contributed by atoms with Crippen LogP contribution in [0.5, 0.6) is 5.75 Å². The Labute approximate surface area is 136 Å². The minimum Gasteiger partial charge on any atom is -0.487 e. The maximum absolute atomic E-state index is 12.1. The fourth-order valence-corrected chi connectivity index (χ4v) is 2.18. The number of halogens is 1. The van der Waals surface area contributed by atoms with Crippen molar-refractivity contribution in [2.75, 3.05) is 0 Å². The molecule has 0 bridgehead atoms. The number of benzene rings is 1. The Morgan fingerprint density at radius 2 is 1.95 bits per heavy atom. The molecule has 0 amide bonds. The topological polar surface area (TPSA) is 57.5 Å². The van der Waals surface area contributed by atoms with Crippen LogP contribution in [0, 0.1) is 0 Å². The minimum atomic E-state index is -0.477. The number of carbonyl (C=O) groups is 1. The SMILES string of the molecule is CCCC(=O)On1ccc(OCc2ccccc2)c(Br)c1=O. The van der Waals surface area contributed by atoms with Crippen LogP contribution >= 0.6 is 15.9 Å². The lowest BCUT2D eigenvalue weighted by atomic mass is 10.2. The fourth-order valence-electron chi connectivity index (χ4n) is 1.76. The first-order valence-corrected chi connectivity index (χ1v) is 7.70. The van der Waals surface area contributed by atoms with Gasteiger partial charge >= 0.3 is 11.5 Å². The quantitative estimate of drug-likeness (QED) is 0.789. The first kappa shape index (κ1) is 16.3. The highest BCUT2D eigenvalue weighted by molar-refractivity contribution is 9.10. The van der Waals surface area contributed by atoms with Crippen molar-refractivity contribution in [2.45, 2.75) is 26.4 Å². The molecular formula is C16H16BrNO4. The van der Waals surface area contributed by atoms with E-state index in [0.29, 0.717) is 18.8 Å². The third-order valence-corrected chi connectivity index (χ3v) is 3.59. The van der Waals surface area contributed by atoms with Gasteiger partial charge in [0.05, 0.1) is 6.20 Å². The average Bonchev–Trinajstić information content (AvgIpc) is 2.52. The number of aromatic nitrogens is 1. The largest absolute Gasteiger partial charge is 0.487 e. The van der Waals surface area contributed by atoms with Gasteiger partial charge in [0.15, 0.2) is 0 Å². The van der Waals surface area contributed by atoms with E-state index in [9.17, 15) is 9.59 Å². The van der Waals surface area contributed by atoms with E-state index in [-0.39, 0.29) is 10.9 Å². The predicted molar refractivity (Wildman–Crippen MR) is 85.7 cm³/mol. The number of nitrogens with zero attached hydrogens (tertiary/aromatic N) is 1. The molecule has 0 aliphatic heterocycles. The molecular weight excluding hydrogens is 350 g/mol. The number of hydrogen-bond acceptors (Lipinski definition) is 4. The summed E-state index contributed by atoms with van der Waals surface area (Å²) in [4.78, 5) is 28.5. The highest BCUT2D eigenvalue weighted by Gasteiger charge is 2.12. The molecule has 2 aromatic rings. The van der Waals surface area contributed by atoms with Crippen molar-refractivity contribution in [1.29, 1.82) is 0 Å². The van der Waals surface area contributed by atoms with Crippen LogP contribution in [0.4, 0.5) is 0 Å². The molecule has 1 aromatic carbocycles. The van der Waals surface area contributed by atoms with E-state index in [0.717, 1.165) is 10.3 Å². The number of ether oxygens (including phenoxy) is 1. The molecule has 1 heterocycles. The number of pyridine rings is 1. The van der Waals surface area contributed by atoms with Crippen molar-refractivity contribution in [1.82, 2.24) is 4.73 Å². The molecule has 0 atom stereocenters. The molecule has 1 aromatic heterocycles. The predicted octanol–water partition coefficient (Wildman–Crippen LogP) is 2.95. The molecule has 0 spiro atoms. The zero-order chi connectivity index (χ0) is 15.9. The molecule has 116 valence electrons. The summed E-state index contributed by atoms with van der Waals surface area (Å²) in [5.74, 6) is -0.0499. The second-order valence-corrected chi connectivity index (χ2v) is 5.41. The van der Waals surface area contributed by atoms with Crippen molar-refractivity contribution in [2.24, 2.45) is 0 Å². The van der Waals surface area contributed by atoms with Gasteiger partial charge in [-0.2, -0.15) is 0 Å². The minimum absolute atomic E-state index is 0.218. The van der Waals surface area contributed by atoms with E-state index >= 15 is 0 Å². The normalized spacial score (nSPS) is 10.3. The van der Waals surface area contributed by atoms with Crippen molar-refractivity contribution in [3.8, 4) is 5.75 Å². The number of carbonyl (C=O) groups excluding carboxylic acids is 1. The van der Waals surface area contributed by atoms with Crippen LogP contribution in [-0.2, 0) is 11.4 Å². The van der Waals surface area contributed by atoms with Gasteiger partial charge in [0.25, 0.3) is 0 Å². The molecule has 0 aliphatic carbocycles. The van der Waals surface area contributed by atoms with Gasteiger partial charge in [-0.25, -0.2) is 4.79 Å². The van der Waals surface area contributed by atoms with Gasteiger partial charge in [0.1, 0.15) is 16.8 Å². The van der Waals surface area contributed by atoms with Crippen LogP contribution in [-0.4, -0.2) is 10.7 Å². The Morgan fingerprint density at radius 3 is 2.64 bits per heavy atom. The maximum atomic E-state index is 12.1. The summed E-state index contributed by atoms with van der Waals surface area (Å²) in [6.45, 7) is 2.21. The summed E-state index contributed by atoms with van der Waals surface area (Å²) >= 11 is 3.18. The standard InChI is InChI=1S/C16H16BrNO4/c1-2-6-14(19)22-18-10-9-13(15(17)16(18)20)21-11-12-7-4-3-5-8-12/h3-5,7-10H,2,6,11H2,1H3. The van der Waals surface area contributed by atoms with Gasteiger partial charge in [-0.3, -0.25) is 4.79 Å². The monoisotopic (exact) mass is 365 g/mol. The zero-order valence-corrected chi connectivity index (χ0v) is 13.7. The second-order valence-electron chi connectivity index (χ2n) is 4.61.